The van der Waals surface area contributed by atoms with Crippen LogP contribution in [0.2, 0.25) is 0 Å². The molecule has 3 heteroatoms. The molecule has 4 saturated carbocycles. The molecule has 0 aromatic carbocycles. The van der Waals surface area contributed by atoms with E-state index in [9.17, 15) is 4.79 Å². The molecule has 4 bridgehead atoms. The quantitative estimate of drug-likeness (QED) is 0.812. The molecule has 0 aromatic heterocycles. The molecule has 1 amide bonds. The summed E-state index contributed by atoms with van der Waals surface area (Å²) in [7, 11) is 0. The van der Waals surface area contributed by atoms with Gasteiger partial charge in [-0.05, 0) is 68.2 Å². The van der Waals surface area contributed by atoms with Crippen LogP contribution in [-0.4, -0.2) is 25.0 Å². The van der Waals surface area contributed by atoms with Crippen LogP contribution < -0.4 is 10.6 Å². The lowest BCUT2D eigenvalue weighted by atomic mass is 9.44. The number of amides is 1. The van der Waals surface area contributed by atoms with Crippen LogP contribution in [0.4, 0.5) is 0 Å². The lowest BCUT2D eigenvalue weighted by Crippen LogP contribution is -2.58. The van der Waals surface area contributed by atoms with Gasteiger partial charge in [0.05, 0.1) is 5.41 Å². The molecule has 1 heterocycles. The van der Waals surface area contributed by atoms with E-state index in [0.29, 0.717) is 23.3 Å². The van der Waals surface area contributed by atoms with Crippen LogP contribution in [-0.2, 0) is 4.79 Å². The minimum Gasteiger partial charge on any atom is -0.351 e. The van der Waals surface area contributed by atoms with Gasteiger partial charge in [-0.2, -0.15) is 0 Å². The maximum Gasteiger partial charge on any atom is 0.226 e. The van der Waals surface area contributed by atoms with Crippen LogP contribution in [0.5, 0.6) is 0 Å². The molecule has 3 nitrogen and oxygen atoms in total. The molecule has 0 radical (unpaired) electrons. The summed E-state index contributed by atoms with van der Waals surface area (Å²) in [5, 5.41) is 6.80. The molecule has 5 fully saturated rings. The Morgan fingerprint density at radius 3 is 2.40 bits per heavy atom. The van der Waals surface area contributed by atoms with Gasteiger partial charge in [-0.25, -0.2) is 0 Å². The van der Waals surface area contributed by atoms with Gasteiger partial charge in [-0.3, -0.25) is 4.79 Å². The Labute approximate surface area is 122 Å². The molecule has 1 saturated heterocycles. The normalized spacial score (nSPS) is 53.3. The second-order valence-corrected chi connectivity index (χ2v) is 8.77. The summed E-state index contributed by atoms with van der Waals surface area (Å²) in [5.41, 5.74) is 0.447. The third kappa shape index (κ3) is 1.93. The first-order chi connectivity index (χ1) is 9.48. The summed E-state index contributed by atoms with van der Waals surface area (Å²) in [6.45, 7) is 6.67. The van der Waals surface area contributed by atoms with E-state index < -0.39 is 0 Å². The SMILES string of the molecule is CC1CNCC1NC(=O)C12CC3CC(CC(C)(C3)C1)C2. The first-order valence-corrected chi connectivity index (χ1v) is 8.50. The second-order valence-electron chi connectivity index (χ2n) is 8.77. The monoisotopic (exact) mass is 276 g/mol. The van der Waals surface area contributed by atoms with Crippen LogP contribution in [0.25, 0.3) is 0 Å². The van der Waals surface area contributed by atoms with Crippen molar-refractivity contribution < 1.29 is 4.79 Å². The minimum atomic E-state index is -0.0128. The van der Waals surface area contributed by atoms with Crippen molar-refractivity contribution in [3.63, 3.8) is 0 Å². The van der Waals surface area contributed by atoms with Crippen molar-refractivity contribution in [1.29, 1.82) is 0 Å². The van der Waals surface area contributed by atoms with Gasteiger partial charge in [0.2, 0.25) is 5.91 Å². The highest BCUT2D eigenvalue weighted by Gasteiger charge is 2.59. The van der Waals surface area contributed by atoms with Gasteiger partial charge in [0.25, 0.3) is 0 Å². The number of hydrogen-bond donors (Lipinski definition) is 2. The topological polar surface area (TPSA) is 41.1 Å². The Morgan fingerprint density at radius 2 is 1.85 bits per heavy atom. The van der Waals surface area contributed by atoms with Crippen LogP contribution in [0, 0.1) is 28.6 Å². The highest BCUT2D eigenvalue weighted by molar-refractivity contribution is 5.83. The van der Waals surface area contributed by atoms with Crippen LogP contribution in [0.3, 0.4) is 0 Å². The van der Waals surface area contributed by atoms with E-state index in [1.807, 2.05) is 0 Å². The molecule has 4 atom stereocenters. The van der Waals surface area contributed by atoms with Crippen LogP contribution in [0.1, 0.15) is 52.4 Å². The molecule has 0 aromatic rings. The summed E-state index contributed by atoms with van der Waals surface area (Å²) in [6.07, 6.45) is 7.62. The number of hydrogen-bond acceptors (Lipinski definition) is 2. The molecule has 20 heavy (non-hydrogen) atoms. The number of nitrogens with one attached hydrogen (secondary N) is 2. The van der Waals surface area contributed by atoms with Gasteiger partial charge in [0.15, 0.2) is 0 Å². The predicted octanol–water partition coefficient (Wildman–Crippen LogP) is 2.32. The Bertz CT molecular complexity index is 419. The Morgan fingerprint density at radius 1 is 1.15 bits per heavy atom. The summed E-state index contributed by atoms with van der Waals surface area (Å²) in [6, 6.07) is 0.350. The summed E-state index contributed by atoms with van der Waals surface area (Å²) in [4.78, 5) is 13.0. The summed E-state index contributed by atoms with van der Waals surface area (Å²) >= 11 is 0. The lowest BCUT2D eigenvalue weighted by Gasteiger charge is -2.60. The van der Waals surface area contributed by atoms with Gasteiger partial charge in [-0.15, -0.1) is 0 Å². The molecule has 5 rings (SSSR count). The van der Waals surface area contributed by atoms with Gasteiger partial charge < -0.3 is 10.6 Å². The Kier molecular flexibility index (Phi) is 2.77. The lowest BCUT2D eigenvalue weighted by molar-refractivity contribution is -0.156. The number of carbonyl (C=O) groups is 1. The Hall–Kier alpha value is -0.570. The van der Waals surface area contributed by atoms with Crippen molar-refractivity contribution in [2.45, 2.75) is 58.4 Å². The van der Waals surface area contributed by atoms with E-state index in [-0.39, 0.29) is 5.41 Å². The fourth-order valence-corrected chi connectivity index (χ4v) is 6.31. The van der Waals surface area contributed by atoms with E-state index in [1.165, 1.54) is 32.1 Å². The standard InChI is InChI=1S/C17H28N2O/c1-11-8-18-9-14(11)19-15(20)17-6-12-3-13(7-17)5-16(2,4-12)10-17/h11-14,18H,3-10H2,1-2H3,(H,19,20). The van der Waals surface area contributed by atoms with Gasteiger partial charge in [-0.1, -0.05) is 13.8 Å². The zero-order valence-corrected chi connectivity index (χ0v) is 12.9. The third-order valence-electron chi connectivity index (χ3n) is 6.67. The molecular weight excluding hydrogens is 248 g/mol. The van der Waals surface area contributed by atoms with E-state index in [4.69, 9.17) is 0 Å². The van der Waals surface area contributed by atoms with Gasteiger partial charge in [0.1, 0.15) is 0 Å². The number of carbonyl (C=O) groups excluding carboxylic acids is 1. The van der Waals surface area contributed by atoms with Crippen molar-refractivity contribution in [2.24, 2.45) is 28.6 Å². The molecule has 5 aliphatic rings. The minimum absolute atomic E-state index is 0.0128. The molecule has 4 aliphatic carbocycles. The van der Waals surface area contributed by atoms with E-state index >= 15 is 0 Å². The van der Waals surface area contributed by atoms with E-state index in [2.05, 4.69) is 24.5 Å². The highest BCUT2D eigenvalue weighted by atomic mass is 16.2. The average Bonchev–Trinajstić information content (AvgIpc) is 2.71. The zero-order chi connectivity index (χ0) is 14.0. The molecule has 2 N–H and O–H groups in total. The van der Waals surface area contributed by atoms with Crippen molar-refractivity contribution in [1.82, 2.24) is 10.6 Å². The maximum atomic E-state index is 13.0. The van der Waals surface area contributed by atoms with E-state index in [0.717, 1.165) is 31.3 Å². The Balaban J connectivity index is 1.53. The molecule has 112 valence electrons. The second kappa shape index (κ2) is 4.22. The highest BCUT2D eigenvalue weighted by Crippen LogP contribution is 2.65. The van der Waals surface area contributed by atoms with Crippen LogP contribution in [0.15, 0.2) is 0 Å². The molecule has 0 spiro atoms. The van der Waals surface area contributed by atoms with Crippen molar-refractivity contribution in [3.05, 3.63) is 0 Å². The smallest absolute Gasteiger partial charge is 0.226 e. The van der Waals surface area contributed by atoms with Crippen molar-refractivity contribution in [3.8, 4) is 0 Å². The molecule has 4 unspecified atom stereocenters. The number of rotatable bonds is 2. The van der Waals surface area contributed by atoms with Crippen LogP contribution >= 0.6 is 0 Å². The summed E-state index contributed by atoms with van der Waals surface area (Å²) < 4.78 is 0. The average molecular weight is 276 g/mol. The van der Waals surface area contributed by atoms with Gasteiger partial charge in [0, 0.05) is 12.6 Å². The zero-order valence-electron chi connectivity index (χ0n) is 12.9. The third-order valence-corrected chi connectivity index (χ3v) is 6.67. The fraction of sp³-hybridized carbons (Fsp3) is 0.941. The largest absolute Gasteiger partial charge is 0.351 e. The van der Waals surface area contributed by atoms with E-state index in [1.54, 1.807) is 0 Å². The first-order valence-electron chi connectivity index (χ1n) is 8.50. The first kappa shape index (κ1) is 13.1. The van der Waals surface area contributed by atoms with Gasteiger partial charge >= 0.3 is 0 Å². The molecular formula is C17H28N2O. The van der Waals surface area contributed by atoms with Crippen molar-refractivity contribution in [2.75, 3.05) is 13.1 Å². The summed E-state index contributed by atoms with van der Waals surface area (Å²) in [5.74, 6) is 2.61. The van der Waals surface area contributed by atoms with Crippen molar-refractivity contribution >= 4 is 5.91 Å². The maximum absolute atomic E-state index is 13.0. The molecule has 1 aliphatic heterocycles. The fourth-order valence-electron chi connectivity index (χ4n) is 6.31. The predicted molar refractivity (Wildman–Crippen MR) is 79.2 cm³/mol.